The van der Waals surface area contributed by atoms with Crippen molar-refractivity contribution in [2.45, 2.75) is 13.0 Å². The van der Waals surface area contributed by atoms with Gasteiger partial charge in [-0.05, 0) is 19.1 Å². The number of non-ortho nitro benzene ring substituents is 1. The van der Waals surface area contributed by atoms with E-state index in [-0.39, 0.29) is 37.2 Å². The summed E-state index contributed by atoms with van der Waals surface area (Å²) in [5, 5.41) is 14.1. The molecule has 0 heterocycles. The molecule has 0 spiro atoms. The number of amides is 1. The SMILES string of the molecule is C[C@@H](Oc1cc(Cl)c(Cl)cc1Cl)C(=O)Nc1cc([N+](=O)[O-])ccc1Cl. The van der Waals surface area contributed by atoms with Gasteiger partial charge in [-0.2, -0.15) is 0 Å². The maximum atomic E-state index is 12.2. The van der Waals surface area contributed by atoms with Crippen LogP contribution in [0.2, 0.25) is 20.1 Å². The molecule has 0 bridgehead atoms. The van der Waals surface area contributed by atoms with Crippen LogP contribution in [0.4, 0.5) is 11.4 Å². The molecule has 0 aromatic heterocycles. The van der Waals surface area contributed by atoms with Crippen LogP contribution in [0.1, 0.15) is 6.92 Å². The van der Waals surface area contributed by atoms with Crippen LogP contribution in [0.3, 0.4) is 0 Å². The van der Waals surface area contributed by atoms with E-state index in [0.29, 0.717) is 0 Å². The highest BCUT2D eigenvalue weighted by atomic mass is 35.5. The van der Waals surface area contributed by atoms with Gasteiger partial charge in [0.2, 0.25) is 0 Å². The summed E-state index contributed by atoms with van der Waals surface area (Å²) < 4.78 is 5.47. The number of hydrogen-bond donors (Lipinski definition) is 1. The molecule has 6 nitrogen and oxygen atoms in total. The van der Waals surface area contributed by atoms with E-state index in [1.54, 1.807) is 0 Å². The lowest BCUT2D eigenvalue weighted by atomic mass is 10.2. The van der Waals surface area contributed by atoms with E-state index < -0.39 is 16.9 Å². The number of hydrogen-bond acceptors (Lipinski definition) is 4. The molecule has 10 heteroatoms. The number of rotatable bonds is 5. The number of carbonyl (C=O) groups excluding carboxylic acids is 1. The smallest absolute Gasteiger partial charge is 0.271 e. The summed E-state index contributed by atoms with van der Waals surface area (Å²) in [6.07, 6.45) is -0.981. The van der Waals surface area contributed by atoms with Gasteiger partial charge in [0.1, 0.15) is 5.75 Å². The molecular weight excluding hydrogens is 414 g/mol. The van der Waals surface area contributed by atoms with Crippen LogP contribution in [-0.4, -0.2) is 16.9 Å². The number of nitro benzene ring substituents is 1. The Hall–Kier alpha value is -1.73. The van der Waals surface area contributed by atoms with Crippen LogP contribution < -0.4 is 10.1 Å². The van der Waals surface area contributed by atoms with Crippen molar-refractivity contribution in [2.24, 2.45) is 0 Å². The van der Waals surface area contributed by atoms with E-state index in [4.69, 9.17) is 51.1 Å². The number of anilines is 1. The molecular formula is C15H10Cl4N2O4. The van der Waals surface area contributed by atoms with Crippen molar-refractivity contribution < 1.29 is 14.5 Å². The average molecular weight is 424 g/mol. The second-order valence-electron chi connectivity index (χ2n) is 4.87. The van der Waals surface area contributed by atoms with Crippen molar-refractivity contribution in [1.29, 1.82) is 0 Å². The summed E-state index contributed by atoms with van der Waals surface area (Å²) >= 11 is 23.7. The van der Waals surface area contributed by atoms with Gasteiger partial charge in [0.25, 0.3) is 11.6 Å². The number of carbonyl (C=O) groups is 1. The minimum Gasteiger partial charge on any atom is -0.479 e. The van der Waals surface area contributed by atoms with E-state index in [0.717, 1.165) is 6.07 Å². The van der Waals surface area contributed by atoms with Gasteiger partial charge in [-0.15, -0.1) is 0 Å². The van der Waals surface area contributed by atoms with Gasteiger partial charge < -0.3 is 10.1 Å². The maximum absolute atomic E-state index is 12.2. The number of benzene rings is 2. The summed E-state index contributed by atoms with van der Waals surface area (Å²) in [5.74, 6) is -0.409. The molecule has 25 heavy (non-hydrogen) atoms. The summed E-state index contributed by atoms with van der Waals surface area (Å²) in [5.41, 5.74) is -0.114. The van der Waals surface area contributed by atoms with Crippen molar-refractivity contribution in [2.75, 3.05) is 5.32 Å². The average Bonchev–Trinajstić information content (AvgIpc) is 2.54. The maximum Gasteiger partial charge on any atom is 0.271 e. The highest BCUT2D eigenvalue weighted by Crippen LogP contribution is 2.34. The summed E-state index contributed by atoms with van der Waals surface area (Å²) in [4.78, 5) is 22.5. The first-order chi connectivity index (χ1) is 11.7. The third-order valence-corrected chi connectivity index (χ3v) is 4.41. The monoisotopic (exact) mass is 422 g/mol. The van der Waals surface area contributed by atoms with E-state index in [1.807, 2.05) is 0 Å². The number of nitrogens with one attached hydrogen (secondary N) is 1. The van der Waals surface area contributed by atoms with Crippen molar-refractivity contribution in [3.8, 4) is 5.75 Å². The topological polar surface area (TPSA) is 81.5 Å². The van der Waals surface area contributed by atoms with Crippen LogP contribution in [0.25, 0.3) is 0 Å². The second-order valence-corrected chi connectivity index (χ2v) is 6.50. The van der Waals surface area contributed by atoms with Crippen molar-refractivity contribution in [3.63, 3.8) is 0 Å². The summed E-state index contributed by atoms with van der Waals surface area (Å²) in [6.45, 7) is 1.47. The van der Waals surface area contributed by atoms with Gasteiger partial charge in [-0.1, -0.05) is 46.4 Å². The minimum atomic E-state index is -0.981. The van der Waals surface area contributed by atoms with E-state index in [2.05, 4.69) is 5.32 Å². The molecule has 0 aliphatic heterocycles. The van der Waals surface area contributed by atoms with E-state index in [9.17, 15) is 14.9 Å². The fourth-order valence-electron chi connectivity index (χ4n) is 1.80. The predicted octanol–water partition coefficient (Wildman–Crippen LogP) is 5.61. The van der Waals surface area contributed by atoms with Crippen LogP contribution in [0.5, 0.6) is 5.75 Å². The van der Waals surface area contributed by atoms with Crippen LogP contribution in [-0.2, 0) is 4.79 Å². The summed E-state index contributed by atoms with van der Waals surface area (Å²) in [7, 11) is 0. The van der Waals surface area contributed by atoms with Crippen molar-refractivity contribution >= 4 is 63.7 Å². The van der Waals surface area contributed by atoms with Gasteiger partial charge in [0.15, 0.2) is 6.10 Å². The molecule has 0 aliphatic carbocycles. The zero-order valence-electron chi connectivity index (χ0n) is 12.6. The highest BCUT2D eigenvalue weighted by molar-refractivity contribution is 6.43. The van der Waals surface area contributed by atoms with Gasteiger partial charge in [0, 0.05) is 18.2 Å². The number of nitrogens with zero attached hydrogens (tertiary/aromatic N) is 1. The zero-order chi connectivity index (χ0) is 18.7. The molecule has 1 atom stereocenters. The molecule has 2 rings (SSSR count). The molecule has 2 aromatic rings. The molecule has 2 aromatic carbocycles. The van der Waals surface area contributed by atoms with Crippen molar-refractivity contribution in [3.05, 3.63) is 60.5 Å². The molecule has 0 saturated heterocycles. The number of ether oxygens (including phenoxy) is 1. The zero-order valence-corrected chi connectivity index (χ0v) is 15.6. The third-order valence-electron chi connectivity index (χ3n) is 3.07. The molecule has 0 saturated carbocycles. The lowest BCUT2D eigenvalue weighted by Gasteiger charge is -2.16. The third kappa shape index (κ3) is 4.89. The quantitative estimate of drug-likeness (QED) is 0.384. The fourth-order valence-corrected chi connectivity index (χ4v) is 2.54. The first-order valence-corrected chi connectivity index (χ1v) is 8.26. The van der Waals surface area contributed by atoms with Crippen LogP contribution >= 0.6 is 46.4 Å². The Morgan fingerprint density at radius 2 is 1.72 bits per heavy atom. The lowest BCUT2D eigenvalue weighted by molar-refractivity contribution is -0.384. The van der Waals surface area contributed by atoms with Gasteiger partial charge in [0.05, 0.1) is 30.7 Å². The Morgan fingerprint density at radius 3 is 2.36 bits per heavy atom. The van der Waals surface area contributed by atoms with Crippen LogP contribution in [0.15, 0.2) is 30.3 Å². The molecule has 1 amide bonds. The predicted molar refractivity (Wildman–Crippen MR) is 98.3 cm³/mol. The van der Waals surface area contributed by atoms with Gasteiger partial charge >= 0.3 is 0 Å². The standard InChI is InChI=1S/C15H10Cl4N2O4/c1-7(25-14-6-11(18)10(17)5-12(14)19)15(22)20-13-4-8(21(23)24)2-3-9(13)16/h2-7H,1H3,(H,20,22)/t7-/m1/s1. The second kappa shape index (κ2) is 8.10. The first kappa shape index (κ1) is 19.6. The molecule has 0 unspecified atom stereocenters. The molecule has 0 fully saturated rings. The summed E-state index contributed by atoms with van der Waals surface area (Å²) in [6, 6.07) is 6.47. The van der Waals surface area contributed by atoms with E-state index in [1.165, 1.54) is 31.2 Å². The first-order valence-electron chi connectivity index (χ1n) is 6.75. The van der Waals surface area contributed by atoms with Gasteiger partial charge in [-0.25, -0.2) is 0 Å². The number of halogens is 4. The molecule has 0 radical (unpaired) electrons. The van der Waals surface area contributed by atoms with E-state index >= 15 is 0 Å². The Kier molecular flexibility index (Phi) is 6.35. The lowest BCUT2D eigenvalue weighted by Crippen LogP contribution is -2.30. The van der Waals surface area contributed by atoms with Gasteiger partial charge in [-0.3, -0.25) is 14.9 Å². The Morgan fingerprint density at radius 1 is 1.08 bits per heavy atom. The molecule has 1 N–H and O–H groups in total. The Labute approximate surface area is 162 Å². The highest BCUT2D eigenvalue weighted by Gasteiger charge is 2.19. The molecule has 132 valence electrons. The van der Waals surface area contributed by atoms with Crippen LogP contribution in [0, 0.1) is 10.1 Å². The van der Waals surface area contributed by atoms with Crippen molar-refractivity contribution in [1.82, 2.24) is 0 Å². The fraction of sp³-hybridized carbons (Fsp3) is 0.133. The normalized spacial score (nSPS) is 11.7. The molecule has 0 aliphatic rings. The largest absolute Gasteiger partial charge is 0.479 e. The Balaban J connectivity index is 2.15. The number of nitro groups is 1. The minimum absolute atomic E-state index is 0.0940. The Bertz CT molecular complexity index is 845.